The highest BCUT2D eigenvalue weighted by Crippen LogP contribution is 2.23. The summed E-state index contributed by atoms with van der Waals surface area (Å²) in [5.41, 5.74) is 10.0. The summed E-state index contributed by atoms with van der Waals surface area (Å²) in [5, 5.41) is 18.5. The van der Waals surface area contributed by atoms with Crippen molar-refractivity contribution in [3.05, 3.63) is 76.6 Å². The number of hydrogen-bond acceptors (Lipinski definition) is 5. The maximum atomic E-state index is 8.90. The van der Waals surface area contributed by atoms with Crippen molar-refractivity contribution in [2.45, 2.75) is 30.8 Å². The molecule has 1 heterocycles. The molecule has 0 saturated carbocycles. The summed E-state index contributed by atoms with van der Waals surface area (Å²) in [4.78, 5) is 0. The van der Waals surface area contributed by atoms with E-state index in [9.17, 15) is 0 Å². The Hall–Kier alpha value is -2.62. The third-order valence-corrected chi connectivity index (χ3v) is 5.11. The van der Waals surface area contributed by atoms with Gasteiger partial charge in [-0.15, -0.1) is 10.2 Å². The van der Waals surface area contributed by atoms with Crippen molar-refractivity contribution in [3.8, 4) is 6.07 Å². The first-order valence-corrected chi connectivity index (χ1v) is 9.47. The molecule has 26 heavy (non-hydrogen) atoms. The highest BCUT2D eigenvalue weighted by molar-refractivity contribution is 7.98. The van der Waals surface area contributed by atoms with Crippen LogP contribution in [-0.4, -0.2) is 21.3 Å². The first-order chi connectivity index (χ1) is 12.7. The largest absolute Gasteiger partial charge is 0.330 e. The first-order valence-electron chi connectivity index (χ1n) is 8.49. The van der Waals surface area contributed by atoms with Crippen LogP contribution in [0.1, 0.15) is 28.1 Å². The zero-order valence-electron chi connectivity index (χ0n) is 14.7. The predicted molar refractivity (Wildman–Crippen MR) is 104 cm³/mol. The Morgan fingerprint density at radius 1 is 1.04 bits per heavy atom. The number of benzene rings is 2. The van der Waals surface area contributed by atoms with Crippen LogP contribution in [0.5, 0.6) is 0 Å². The molecule has 0 saturated heterocycles. The van der Waals surface area contributed by atoms with Crippen LogP contribution in [0, 0.1) is 18.3 Å². The van der Waals surface area contributed by atoms with Crippen molar-refractivity contribution < 1.29 is 0 Å². The van der Waals surface area contributed by atoms with Crippen LogP contribution in [0.15, 0.2) is 53.7 Å². The van der Waals surface area contributed by atoms with E-state index in [1.165, 1.54) is 11.1 Å². The zero-order chi connectivity index (χ0) is 18.4. The predicted octanol–water partition coefficient (Wildman–Crippen LogP) is 3.30. The number of nitrogens with two attached hydrogens (primary N) is 1. The maximum Gasteiger partial charge on any atom is 0.191 e. The molecular formula is C20H21N5S. The van der Waals surface area contributed by atoms with Gasteiger partial charge in [-0.3, -0.25) is 0 Å². The number of nitriles is 1. The molecule has 0 atom stereocenters. The minimum Gasteiger partial charge on any atom is -0.330 e. The Kier molecular flexibility index (Phi) is 6.05. The van der Waals surface area contributed by atoms with E-state index in [2.05, 4.69) is 52.0 Å². The van der Waals surface area contributed by atoms with Crippen LogP contribution in [0.25, 0.3) is 0 Å². The summed E-state index contributed by atoms with van der Waals surface area (Å²) >= 11 is 1.65. The molecule has 0 fully saturated rings. The van der Waals surface area contributed by atoms with Crippen LogP contribution < -0.4 is 5.73 Å². The molecule has 3 rings (SSSR count). The number of hydrogen-bond donors (Lipinski definition) is 1. The second-order valence-corrected chi connectivity index (χ2v) is 7.05. The standard InChI is InChI=1S/C20H21N5S/c1-15-2-4-17(5-3-15)13-25-19(10-11-21)23-24-20(25)26-14-18-8-6-16(12-22)7-9-18/h2-9H,10-11,13-14,21H2,1H3. The average Bonchev–Trinajstić information content (AvgIpc) is 3.04. The van der Waals surface area contributed by atoms with Gasteiger partial charge in [-0.1, -0.05) is 53.7 Å². The van der Waals surface area contributed by atoms with Gasteiger partial charge in [-0.05, 0) is 36.7 Å². The van der Waals surface area contributed by atoms with E-state index in [0.717, 1.165) is 28.8 Å². The molecule has 0 radical (unpaired) electrons. The van der Waals surface area contributed by atoms with Crippen molar-refractivity contribution in [1.82, 2.24) is 14.8 Å². The number of aromatic nitrogens is 3. The summed E-state index contributed by atoms with van der Waals surface area (Å²) in [5.74, 6) is 1.69. The van der Waals surface area contributed by atoms with Gasteiger partial charge in [0, 0.05) is 12.2 Å². The van der Waals surface area contributed by atoms with Gasteiger partial charge in [-0.2, -0.15) is 5.26 Å². The number of thioether (sulfide) groups is 1. The molecular weight excluding hydrogens is 342 g/mol. The summed E-state index contributed by atoms with van der Waals surface area (Å²) in [6.07, 6.45) is 0.705. The topological polar surface area (TPSA) is 80.5 Å². The van der Waals surface area contributed by atoms with Gasteiger partial charge in [0.2, 0.25) is 0 Å². The first kappa shape index (κ1) is 18.2. The molecule has 0 unspecified atom stereocenters. The van der Waals surface area contributed by atoms with E-state index in [-0.39, 0.29) is 0 Å². The van der Waals surface area contributed by atoms with E-state index >= 15 is 0 Å². The van der Waals surface area contributed by atoms with Crippen molar-refractivity contribution >= 4 is 11.8 Å². The lowest BCUT2D eigenvalue weighted by Gasteiger charge is -2.10. The van der Waals surface area contributed by atoms with Gasteiger partial charge < -0.3 is 10.3 Å². The highest BCUT2D eigenvalue weighted by Gasteiger charge is 2.13. The summed E-state index contributed by atoms with van der Waals surface area (Å²) in [7, 11) is 0. The highest BCUT2D eigenvalue weighted by atomic mass is 32.2. The smallest absolute Gasteiger partial charge is 0.191 e. The van der Waals surface area contributed by atoms with E-state index in [1.807, 2.05) is 24.3 Å². The molecule has 132 valence electrons. The molecule has 0 aliphatic rings. The number of rotatable bonds is 7. The molecule has 2 N–H and O–H groups in total. The van der Waals surface area contributed by atoms with E-state index in [0.29, 0.717) is 18.5 Å². The summed E-state index contributed by atoms with van der Waals surface area (Å²) < 4.78 is 2.14. The number of aryl methyl sites for hydroxylation is 1. The van der Waals surface area contributed by atoms with Gasteiger partial charge in [-0.25, -0.2) is 0 Å². The second-order valence-electron chi connectivity index (χ2n) is 6.11. The molecule has 6 heteroatoms. The van der Waals surface area contributed by atoms with E-state index < -0.39 is 0 Å². The summed E-state index contributed by atoms with van der Waals surface area (Å²) in [6, 6.07) is 18.3. The van der Waals surface area contributed by atoms with Crippen LogP contribution in [-0.2, 0) is 18.7 Å². The SMILES string of the molecule is Cc1ccc(Cn2c(CCN)nnc2SCc2ccc(C#N)cc2)cc1. The number of nitrogens with zero attached hydrogens (tertiary/aromatic N) is 4. The lowest BCUT2D eigenvalue weighted by atomic mass is 10.1. The molecule has 5 nitrogen and oxygen atoms in total. The van der Waals surface area contributed by atoms with Crippen molar-refractivity contribution in [2.75, 3.05) is 6.54 Å². The van der Waals surface area contributed by atoms with Gasteiger partial charge in [0.05, 0.1) is 18.2 Å². The minimum absolute atomic E-state index is 0.548. The summed E-state index contributed by atoms with van der Waals surface area (Å²) in [6.45, 7) is 3.37. The third kappa shape index (κ3) is 4.51. The molecule has 1 aromatic heterocycles. The Morgan fingerprint density at radius 3 is 2.38 bits per heavy atom. The molecule has 2 aromatic carbocycles. The third-order valence-electron chi connectivity index (χ3n) is 4.07. The van der Waals surface area contributed by atoms with Gasteiger partial charge in [0.25, 0.3) is 0 Å². The zero-order valence-corrected chi connectivity index (χ0v) is 15.5. The lowest BCUT2D eigenvalue weighted by molar-refractivity contribution is 0.663. The van der Waals surface area contributed by atoms with Crippen molar-refractivity contribution in [2.24, 2.45) is 5.73 Å². The molecule has 0 spiro atoms. The fourth-order valence-electron chi connectivity index (χ4n) is 2.60. The van der Waals surface area contributed by atoms with Crippen LogP contribution in [0.3, 0.4) is 0 Å². The monoisotopic (exact) mass is 363 g/mol. The molecule has 0 aliphatic heterocycles. The second kappa shape index (κ2) is 8.65. The normalized spacial score (nSPS) is 10.7. The van der Waals surface area contributed by atoms with E-state index in [4.69, 9.17) is 11.0 Å². The van der Waals surface area contributed by atoms with Gasteiger partial charge >= 0.3 is 0 Å². The van der Waals surface area contributed by atoms with Crippen molar-refractivity contribution in [1.29, 1.82) is 5.26 Å². The molecule has 0 amide bonds. The average molecular weight is 363 g/mol. The Bertz CT molecular complexity index is 891. The minimum atomic E-state index is 0.548. The maximum absolute atomic E-state index is 8.90. The fraction of sp³-hybridized carbons (Fsp3) is 0.250. The molecule has 0 aliphatic carbocycles. The van der Waals surface area contributed by atoms with Gasteiger partial charge in [0.1, 0.15) is 5.82 Å². The Balaban J connectivity index is 1.77. The lowest BCUT2D eigenvalue weighted by Crippen LogP contribution is -2.11. The Morgan fingerprint density at radius 2 is 1.73 bits per heavy atom. The van der Waals surface area contributed by atoms with Gasteiger partial charge in [0.15, 0.2) is 5.16 Å². The van der Waals surface area contributed by atoms with Crippen LogP contribution in [0.2, 0.25) is 0 Å². The van der Waals surface area contributed by atoms with E-state index in [1.54, 1.807) is 11.8 Å². The quantitative estimate of drug-likeness (QED) is 0.652. The van der Waals surface area contributed by atoms with Crippen LogP contribution >= 0.6 is 11.8 Å². The van der Waals surface area contributed by atoms with Crippen molar-refractivity contribution in [3.63, 3.8) is 0 Å². The molecule has 3 aromatic rings. The Labute approximate surface area is 157 Å². The fourth-order valence-corrected chi connectivity index (χ4v) is 3.51. The van der Waals surface area contributed by atoms with Crippen LogP contribution in [0.4, 0.5) is 0 Å². The molecule has 0 bridgehead atoms.